The number of ether oxygens (including phenoxy) is 2. The largest absolute Gasteiger partial charge is 0.490 e. The molecular weight excluding hydrogens is 262 g/mol. The first-order chi connectivity index (χ1) is 9.56. The number of likely N-dealkylation sites (N-methyl/N-ethyl adjacent to an activating group) is 1. The number of rotatable bonds is 5. The molecule has 1 aliphatic heterocycles. The quantitative estimate of drug-likeness (QED) is 0.834. The fraction of sp³-hybridized carbons (Fsp3) is 0.500. The molecule has 0 radical (unpaired) electrons. The number of hydrogen-bond donors (Lipinski definition) is 2. The van der Waals surface area contributed by atoms with E-state index in [-0.39, 0.29) is 13.1 Å². The molecule has 110 valence electrons. The third kappa shape index (κ3) is 3.85. The number of aliphatic hydroxyl groups is 1. The van der Waals surface area contributed by atoms with E-state index in [1.54, 1.807) is 30.1 Å². The summed E-state index contributed by atoms with van der Waals surface area (Å²) in [5, 5.41) is 18.8. The van der Waals surface area contributed by atoms with Crippen LogP contribution in [0.1, 0.15) is 18.1 Å². The minimum atomic E-state index is -0.918. The van der Waals surface area contributed by atoms with Crippen LogP contribution >= 0.6 is 0 Å². The third-order valence-electron chi connectivity index (χ3n) is 3.05. The van der Waals surface area contributed by atoms with Crippen LogP contribution in [-0.4, -0.2) is 54.4 Å². The molecule has 6 nitrogen and oxygen atoms in total. The maximum Gasteiger partial charge on any atom is 0.317 e. The van der Waals surface area contributed by atoms with E-state index in [2.05, 4.69) is 0 Å². The minimum Gasteiger partial charge on any atom is -0.490 e. The Labute approximate surface area is 117 Å². The summed E-state index contributed by atoms with van der Waals surface area (Å²) in [7, 11) is 1.65. The Bertz CT molecular complexity index is 477. The van der Waals surface area contributed by atoms with Crippen molar-refractivity contribution in [1.82, 2.24) is 4.90 Å². The van der Waals surface area contributed by atoms with Crippen molar-refractivity contribution in [2.45, 2.75) is 12.5 Å². The van der Waals surface area contributed by atoms with Crippen molar-refractivity contribution in [3.63, 3.8) is 0 Å². The smallest absolute Gasteiger partial charge is 0.317 e. The van der Waals surface area contributed by atoms with Gasteiger partial charge in [-0.05, 0) is 24.7 Å². The van der Waals surface area contributed by atoms with Crippen molar-refractivity contribution in [2.24, 2.45) is 0 Å². The summed E-state index contributed by atoms with van der Waals surface area (Å²) in [4.78, 5) is 12.1. The molecule has 0 fully saturated rings. The first-order valence-corrected chi connectivity index (χ1v) is 6.54. The molecular formula is C14H19NO5. The molecule has 1 aromatic rings. The van der Waals surface area contributed by atoms with Gasteiger partial charge in [0.2, 0.25) is 0 Å². The van der Waals surface area contributed by atoms with E-state index >= 15 is 0 Å². The first-order valence-electron chi connectivity index (χ1n) is 6.54. The number of carboxylic acids is 1. The summed E-state index contributed by atoms with van der Waals surface area (Å²) in [6, 6.07) is 5.29. The molecule has 0 aliphatic carbocycles. The molecule has 0 amide bonds. The van der Waals surface area contributed by atoms with Crippen LogP contribution in [0, 0.1) is 0 Å². The van der Waals surface area contributed by atoms with Gasteiger partial charge in [-0.2, -0.15) is 0 Å². The number of nitrogens with zero attached hydrogens (tertiary/aromatic N) is 1. The second-order valence-corrected chi connectivity index (χ2v) is 4.86. The molecule has 0 saturated carbocycles. The highest BCUT2D eigenvalue weighted by Gasteiger charge is 2.16. The van der Waals surface area contributed by atoms with Crippen LogP contribution in [0.25, 0.3) is 0 Å². The zero-order chi connectivity index (χ0) is 14.5. The fourth-order valence-electron chi connectivity index (χ4n) is 2.08. The van der Waals surface area contributed by atoms with Gasteiger partial charge >= 0.3 is 5.97 Å². The zero-order valence-corrected chi connectivity index (χ0v) is 11.4. The average molecular weight is 281 g/mol. The van der Waals surface area contributed by atoms with Crippen LogP contribution in [0.5, 0.6) is 11.5 Å². The predicted molar refractivity (Wildman–Crippen MR) is 72.1 cm³/mol. The number of aliphatic hydroxyl groups excluding tert-OH is 1. The molecule has 0 spiro atoms. The number of aliphatic carboxylic acids is 1. The second kappa shape index (κ2) is 6.58. The molecule has 0 saturated heterocycles. The number of benzene rings is 1. The Morgan fingerprint density at radius 1 is 1.35 bits per heavy atom. The van der Waals surface area contributed by atoms with Gasteiger partial charge < -0.3 is 19.7 Å². The van der Waals surface area contributed by atoms with Crippen molar-refractivity contribution in [3.05, 3.63) is 23.8 Å². The molecule has 20 heavy (non-hydrogen) atoms. The zero-order valence-electron chi connectivity index (χ0n) is 11.4. The van der Waals surface area contributed by atoms with Crippen molar-refractivity contribution in [2.75, 3.05) is 33.4 Å². The maximum absolute atomic E-state index is 10.6. The van der Waals surface area contributed by atoms with Crippen LogP contribution in [0.2, 0.25) is 0 Å². The number of carbonyl (C=O) groups is 1. The van der Waals surface area contributed by atoms with E-state index in [0.29, 0.717) is 30.3 Å². The van der Waals surface area contributed by atoms with Gasteiger partial charge in [-0.3, -0.25) is 9.69 Å². The van der Waals surface area contributed by atoms with Crippen LogP contribution in [0.4, 0.5) is 0 Å². The summed E-state index contributed by atoms with van der Waals surface area (Å²) < 4.78 is 11.1. The van der Waals surface area contributed by atoms with Gasteiger partial charge in [0.1, 0.15) is 0 Å². The van der Waals surface area contributed by atoms with Crippen molar-refractivity contribution in [3.8, 4) is 11.5 Å². The lowest BCUT2D eigenvalue weighted by Gasteiger charge is -2.19. The maximum atomic E-state index is 10.6. The average Bonchev–Trinajstić information content (AvgIpc) is 2.61. The SMILES string of the molecule is CN(CC(=O)O)CC(O)c1ccc2c(c1)OCCCO2. The molecule has 1 unspecified atom stereocenters. The Morgan fingerprint density at radius 3 is 2.75 bits per heavy atom. The van der Waals surface area contributed by atoms with Gasteiger partial charge in [-0.1, -0.05) is 6.07 Å². The van der Waals surface area contributed by atoms with E-state index in [4.69, 9.17) is 14.6 Å². The standard InChI is InChI=1S/C14H19NO5/c1-15(9-14(17)18)8-11(16)10-3-4-12-13(7-10)20-6-2-5-19-12/h3-4,7,11,16H,2,5-6,8-9H2,1H3,(H,17,18). The lowest BCUT2D eigenvalue weighted by atomic mass is 10.1. The molecule has 2 rings (SSSR count). The minimum absolute atomic E-state index is 0.110. The van der Waals surface area contributed by atoms with Crippen molar-refractivity contribution in [1.29, 1.82) is 0 Å². The van der Waals surface area contributed by atoms with Crippen LogP contribution in [0.3, 0.4) is 0 Å². The molecule has 1 aromatic carbocycles. The highest BCUT2D eigenvalue weighted by Crippen LogP contribution is 2.32. The van der Waals surface area contributed by atoms with Gasteiger partial charge in [0.15, 0.2) is 11.5 Å². The van der Waals surface area contributed by atoms with Crippen molar-refractivity contribution < 1.29 is 24.5 Å². The van der Waals surface area contributed by atoms with Gasteiger partial charge in [-0.25, -0.2) is 0 Å². The Hall–Kier alpha value is -1.79. The van der Waals surface area contributed by atoms with Crippen LogP contribution < -0.4 is 9.47 Å². The monoisotopic (exact) mass is 281 g/mol. The lowest BCUT2D eigenvalue weighted by Crippen LogP contribution is -2.29. The van der Waals surface area contributed by atoms with Gasteiger partial charge in [0.25, 0.3) is 0 Å². The predicted octanol–water partition coefficient (Wildman–Crippen LogP) is 0.898. The van der Waals surface area contributed by atoms with Crippen molar-refractivity contribution >= 4 is 5.97 Å². The van der Waals surface area contributed by atoms with E-state index in [0.717, 1.165) is 6.42 Å². The van der Waals surface area contributed by atoms with E-state index in [1.165, 1.54) is 0 Å². The number of carboxylic acid groups (broad SMARTS) is 1. The van der Waals surface area contributed by atoms with Crippen LogP contribution in [0.15, 0.2) is 18.2 Å². The molecule has 2 N–H and O–H groups in total. The van der Waals surface area contributed by atoms with Gasteiger partial charge in [0.05, 0.1) is 25.9 Å². The summed E-state index contributed by atoms with van der Waals surface area (Å²) in [5.74, 6) is 0.385. The van der Waals surface area contributed by atoms with Gasteiger partial charge in [-0.15, -0.1) is 0 Å². The molecule has 1 atom stereocenters. The first kappa shape index (κ1) is 14.6. The third-order valence-corrected chi connectivity index (χ3v) is 3.05. The fourth-order valence-corrected chi connectivity index (χ4v) is 2.08. The molecule has 0 aromatic heterocycles. The van der Waals surface area contributed by atoms with Gasteiger partial charge in [0, 0.05) is 13.0 Å². The molecule has 1 heterocycles. The summed E-state index contributed by atoms with van der Waals surface area (Å²) in [5.41, 5.74) is 0.687. The van der Waals surface area contributed by atoms with E-state index in [9.17, 15) is 9.90 Å². The summed E-state index contributed by atoms with van der Waals surface area (Å²) in [6.07, 6.45) is 0.0602. The Morgan fingerprint density at radius 2 is 2.05 bits per heavy atom. The normalized spacial score (nSPS) is 15.8. The molecule has 1 aliphatic rings. The summed E-state index contributed by atoms with van der Waals surface area (Å²) in [6.45, 7) is 1.34. The number of hydrogen-bond acceptors (Lipinski definition) is 5. The highest BCUT2D eigenvalue weighted by molar-refractivity contribution is 5.69. The highest BCUT2D eigenvalue weighted by atomic mass is 16.5. The topological polar surface area (TPSA) is 79.2 Å². The Balaban J connectivity index is 2.04. The van der Waals surface area contributed by atoms with Crippen LogP contribution in [-0.2, 0) is 4.79 Å². The second-order valence-electron chi connectivity index (χ2n) is 4.86. The lowest BCUT2D eigenvalue weighted by molar-refractivity contribution is -0.138. The summed E-state index contributed by atoms with van der Waals surface area (Å²) >= 11 is 0. The van der Waals surface area contributed by atoms with E-state index < -0.39 is 12.1 Å². The van der Waals surface area contributed by atoms with E-state index in [1.807, 2.05) is 0 Å². The molecule has 0 bridgehead atoms. The number of fused-ring (bicyclic) bond motifs is 1. The molecule has 6 heteroatoms. The Kier molecular flexibility index (Phi) is 4.81.